The van der Waals surface area contributed by atoms with E-state index in [1.165, 1.54) is 6.26 Å². The van der Waals surface area contributed by atoms with Crippen molar-refractivity contribution in [3.05, 3.63) is 36.3 Å². The molecule has 0 saturated heterocycles. The van der Waals surface area contributed by atoms with Gasteiger partial charge >= 0.3 is 0 Å². The summed E-state index contributed by atoms with van der Waals surface area (Å²) in [5.74, 6) is 0.355. The van der Waals surface area contributed by atoms with E-state index in [9.17, 15) is 4.79 Å². The molecule has 2 nitrogen and oxygen atoms in total. The molecule has 0 fully saturated rings. The summed E-state index contributed by atoms with van der Waals surface area (Å²) >= 11 is 0. The molecule has 1 aromatic rings. The second kappa shape index (κ2) is 5.36. The van der Waals surface area contributed by atoms with Crippen molar-refractivity contribution in [3.8, 4) is 0 Å². The molecule has 0 atom stereocenters. The van der Waals surface area contributed by atoms with Gasteiger partial charge in [-0.05, 0) is 24.6 Å². The van der Waals surface area contributed by atoms with Crippen LogP contribution in [0.15, 0.2) is 35.0 Å². The number of hydrogen-bond acceptors (Lipinski definition) is 2. The summed E-state index contributed by atoms with van der Waals surface area (Å²) in [6.45, 7) is 2.13. The van der Waals surface area contributed by atoms with Crippen molar-refractivity contribution in [2.45, 2.75) is 26.2 Å². The molecule has 0 unspecified atom stereocenters. The van der Waals surface area contributed by atoms with Crippen molar-refractivity contribution in [2.24, 2.45) is 0 Å². The molecule has 0 radical (unpaired) electrons. The molecule has 0 amide bonds. The minimum absolute atomic E-state index is 0.0545. The third-order valence-corrected chi connectivity index (χ3v) is 1.76. The lowest BCUT2D eigenvalue weighted by Crippen LogP contribution is -1.90. The van der Waals surface area contributed by atoms with Crippen molar-refractivity contribution in [3.63, 3.8) is 0 Å². The Labute approximate surface area is 78.3 Å². The standard InChI is InChI=1S/C11H14O2/c1-2-3-4-5-7-10(12)11-8-6-9-13-11/h5-9H,2-4H2,1H3/b7-5+. The zero-order valence-corrected chi connectivity index (χ0v) is 7.82. The minimum atomic E-state index is -0.0545. The quantitative estimate of drug-likeness (QED) is 0.393. The number of unbranched alkanes of at least 4 members (excludes halogenated alkanes) is 2. The Bertz CT molecular complexity index is 270. The van der Waals surface area contributed by atoms with Gasteiger partial charge in [0.05, 0.1) is 6.26 Å². The molecule has 0 N–H and O–H groups in total. The van der Waals surface area contributed by atoms with Crippen LogP contribution in [-0.2, 0) is 0 Å². The van der Waals surface area contributed by atoms with Crippen molar-refractivity contribution in [1.82, 2.24) is 0 Å². The molecule has 13 heavy (non-hydrogen) atoms. The molecule has 0 aliphatic carbocycles. The van der Waals surface area contributed by atoms with Gasteiger partial charge in [0.2, 0.25) is 5.78 Å². The highest BCUT2D eigenvalue weighted by molar-refractivity contribution is 6.02. The molecular weight excluding hydrogens is 164 g/mol. The van der Waals surface area contributed by atoms with E-state index < -0.39 is 0 Å². The summed E-state index contributed by atoms with van der Waals surface area (Å²) in [6, 6.07) is 3.39. The van der Waals surface area contributed by atoms with E-state index in [1.54, 1.807) is 18.2 Å². The van der Waals surface area contributed by atoms with Crippen LogP contribution in [0.4, 0.5) is 0 Å². The second-order valence-corrected chi connectivity index (χ2v) is 2.89. The Kier molecular flexibility index (Phi) is 4.03. The molecule has 0 aromatic carbocycles. The average Bonchev–Trinajstić information content (AvgIpc) is 2.65. The first-order chi connectivity index (χ1) is 6.34. The fraction of sp³-hybridized carbons (Fsp3) is 0.364. The van der Waals surface area contributed by atoms with Crippen LogP contribution >= 0.6 is 0 Å². The SMILES string of the molecule is CCCC/C=C/C(=O)c1ccco1. The fourth-order valence-corrected chi connectivity index (χ4v) is 1.01. The summed E-state index contributed by atoms with van der Waals surface area (Å²) in [7, 11) is 0. The third kappa shape index (κ3) is 3.28. The molecule has 0 aliphatic rings. The van der Waals surface area contributed by atoms with Crippen LogP contribution in [0.1, 0.15) is 36.7 Å². The number of ketones is 1. The van der Waals surface area contributed by atoms with Gasteiger partial charge in [-0.15, -0.1) is 0 Å². The highest BCUT2D eigenvalue weighted by atomic mass is 16.3. The zero-order chi connectivity index (χ0) is 9.52. The normalized spacial score (nSPS) is 10.8. The number of furan rings is 1. The molecule has 0 bridgehead atoms. The lowest BCUT2D eigenvalue weighted by molar-refractivity contribution is 0.102. The third-order valence-electron chi connectivity index (χ3n) is 1.76. The van der Waals surface area contributed by atoms with Gasteiger partial charge < -0.3 is 4.42 Å². The largest absolute Gasteiger partial charge is 0.461 e. The van der Waals surface area contributed by atoms with Gasteiger partial charge in [-0.25, -0.2) is 0 Å². The molecule has 0 saturated carbocycles. The highest BCUT2D eigenvalue weighted by Gasteiger charge is 2.02. The topological polar surface area (TPSA) is 30.2 Å². The van der Waals surface area contributed by atoms with Gasteiger partial charge in [-0.2, -0.15) is 0 Å². The number of carbonyl (C=O) groups is 1. The van der Waals surface area contributed by atoms with Gasteiger partial charge in [0.15, 0.2) is 5.76 Å². The van der Waals surface area contributed by atoms with E-state index >= 15 is 0 Å². The molecule has 70 valence electrons. The summed E-state index contributed by atoms with van der Waals surface area (Å²) in [5, 5.41) is 0. The summed E-state index contributed by atoms with van der Waals surface area (Å²) in [4.78, 5) is 11.3. The van der Waals surface area contributed by atoms with Crippen LogP contribution in [0.3, 0.4) is 0 Å². The van der Waals surface area contributed by atoms with Gasteiger partial charge in [-0.1, -0.05) is 25.8 Å². The smallest absolute Gasteiger partial charge is 0.220 e. The Balaban J connectivity index is 2.38. The van der Waals surface area contributed by atoms with Crippen LogP contribution in [0.5, 0.6) is 0 Å². The number of hydrogen-bond donors (Lipinski definition) is 0. The van der Waals surface area contributed by atoms with Gasteiger partial charge in [-0.3, -0.25) is 4.79 Å². The van der Waals surface area contributed by atoms with E-state index in [0.717, 1.165) is 19.3 Å². The van der Waals surface area contributed by atoms with Gasteiger partial charge in [0.25, 0.3) is 0 Å². The van der Waals surface area contributed by atoms with E-state index in [-0.39, 0.29) is 5.78 Å². The molecule has 0 spiro atoms. The van der Waals surface area contributed by atoms with Crippen LogP contribution in [-0.4, -0.2) is 5.78 Å². The number of carbonyl (C=O) groups excluding carboxylic acids is 1. The predicted octanol–water partition coefficient (Wildman–Crippen LogP) is 3.21. The molecular formula is C11H14O2. The molecule has 1 aromatic heterocycles. The zero-order valence-electron chi connectivity index (χ0n) is 7.82. The number of rotatable bonds is 5. The van der Waals surface area contributed by atoms with Crippen LogP contribution in [0, 0.1) is 0 Å². The Hall–Kier alpha value is -1.31. The number of allylic oxidation sites excluding steroid dienone is 2. The molecule has 1 rings (SSSR count). The van der Waals surface area contributed by atoms with E-state index in [0.29, 0.717) is 5.76 Å². The molecule has 1 heterocycles. The first-order valence-corrected chi connectivity index (χ1v) is 4.59. The second-order valence-electron chi connectivity index (χ2n) is 2.89. The van der Waals surface area contributed by atoms with Crippen molar-refractivity contribution < 1.29 is 9.21 Å². The van der Waals surface area contributed by atoms with Crippen LogP contribution < -0.4 is 0 Å². The van der Waals surface area contributed by atoms with Crippen molar-refractivity contribution in [2.75, 3.05) is 0 Å². The monoisotopic (exact) mass is 178 g/mol. The maximum absolute atomic E-state index is 11.3. The lowest BCUT2D eigenvalue weighted by Gasteiger charge is -1.88. The van der Waals surface area contributed by atoms with Crippen molar-refractivity contribution in [1.29, 1.82) is 0 Å². The fourth-order valence-electron chi connectivity index (χ4n) is 1.01. The Morgan fingerprint density at radius 2 is 2.46 bits per heavy atom. The first kappa shape index (κ1) is 9.78. The Morgan fingerprint density at radius 3 is 3.08 bits per heavy atom. The first-order valence-electron chi connectivity index (χ1n) is 4.59. The van der Waals surface area contributed by atoms with E-state index in [1.807, 2.05) is 6.08 Å². The van der Waals surface area contributed by atoms with Gasteiger partial charge in [0, 0.05) is 0 Å². The van der Waals surface area contributed by atoms with Gasteiger partial charge in [0.1, 0.15) is 0 Å². The maximum atomic E-state index is 11.3. The summed E-state index contributed by atoms with van der Waals surface area (Å²) in [5.41, 5.74) is 0. The maximum Gasteiger partial charge on any atom is 0.220 e. The predicted molar refractivity (Wildman–Crippen MR) is 51.7 cm³/mol. The summed E-state index contributed by atoms with van der Waals surface area (Å²) < 4.78 is 4.95. The lowest BCUT2D eigenvalue weighted by atomic mass is 10.2. The Morgan fingerprint density at radius 1 is 1.62 bits per heavy atom. The van der Waals surface area contributed by atoms with Crippen molar-refractivity contribution >= 4 is 5.78 Å². The molecule has 0 aliphatic heterocycles. The minimum Gasteiger partial charge on any atom is -0.461 e. The average molecular weight is 178 g/mol. The molecule has 2 heteroatoms. The van der Waals surface area contributed by atoms with Crippen LogP contribution in [0.25, 0.3) is 0 Å². The van der Waals surface area contributed by atoms with Crippen LogP contribution in [0.2, 0.25) is 0 Å². The highest BCUT2D eigenvalue weighted by Crippen LogP contribution is 2.03. The summed E-state index contributed by atoms with van der Waals surface area (Å²) in [6.07, 6.45) is 8.22. The van der Waals surface area contributed by atoms with E-state index in [4.69, 9.17) is 4.42 Å². The van der Waals surface area contributed by atoms with E-state index in [2.05, 4.69) is 6.92 Å².